The highest BCUT2D eigenvalue weighted by molar-refractivity contribution is 6.74. The van der Waals surface area contributed by atoms with Gasteiger partial charge >= 0.3 is 24.0 Å². The fourth-order valence-corrected chi connectivity index (χ4v) is 5.47. The molecule has 0 heterocycles. The molecule has 2 rings (SSSR count). The van der Waals surface area contributed by atoms with Gasteiger partial charge in [0.25, 0.3) is 0 Å². The third-order valence-corrected chi connectivity index (χ3v) is 11.3. The Balaban J connectivity index is 2.82. The van der Waals surface area contributed by atoms with Gasteiger partial charge in [0.05, 0.1) is 42.6 Å². The van der Waals surface area contributed by atoms with Gasteiger partial charge in [-0.05, 0) is 65.8 Å². The molecule has 3 atom stereocenters. The number of amides is 1. The highest BCUT2D eigenvalue weighted by Crippen LogP contribution is 2.57. The van der Waals surface area contributed by atoms with E-state index in [0.717, 1.165) is 0 Å². The molecule has 214 valence electrons. The summed E-state index contributed by atoms with van der Waals surface area (Å²) < 4.78 is 28.2. The van der Waals surface area contributed by atoms with Crippen LogP contribution in [0.2, 0.25) is 18.1 Å². The van der Waals surface area contributed by atoms with Gasteiger partial charge in [-0.25, -0.2) is 19.2 Å². The summed E-state index contributed by atoms with van der Waals surface area (Å²) in [5, 5.41) is 2.47. The highest BCUT2D eigenvalue weighted by atomic mass is 28.4. The fraction of sp³-hybridized carbons (Fsp3) is 0.704. The summed E-state index contributed by atoms with van der Waals surface area (Å²) >= 11 is 0. The summed E-state index contributed by atoms with van der Waals surface area (Å²) in [6.45, 7) is 20.2. The Bertz CT molecular complexity index is 1030. The Hall–Kier alpha value is -2.82. The van der Waals surface area contributed by atoms with E-state index in [-0.39, 0.29) is 36.0 Å². The van der Waals surface area contributed by atoms with Gasteiger partial charge in [-0.1, -0.05) is 20.8 Å². The number of carbonyl (C=O) groups is 4. The lowest BCUT2D eigenvalue weighted by Gasteiger charge is -2.40. The number of esters is 3. The van der Waals surface area contributed by atoms with Crippen molar-refractivity contribution >= 4 is 32.3 Å². The van der Waals surface area contributed by atoms with E-state index in [9.17, 15) is 19.2 Å². The molecule has 0 aliphatic heterocycles. The van der Waals surface area contributed by atoms with E-state index in [4.69, 9.17) is 23.4 Å². The molecule has 1 amide bonds. The quantitative estimate of drug-likeness (QED) is 0.251. The van der Waals surface area contributed by atoms with E-state index in [2.05, 4.69) is 26.1 Å². The molecule has 0 fully saturated rings. The molecule has 0 saturated heterocycles. The second kappa shape index (κ2) is 11.1. The number of nitrogens with one attached hydrogen (secondary N) is 1. The SMILES string of the molecule is CCOC(=O)C1=C(C(=O)OCC)[C@H]2C=C(O[Si](C)(C)C(C)(C)C)[C@@H]1[C@]2(NC(=O)OC(C)(C)C)C(=O)OCC. The molecule has 0 aromatic heterocycles. The molecular formula is C27H43NO9Si. The lowest BCUT2D eigenvalue weighted by molar-refractivity contribution is -0.153. The zero-order valence-corrected chi connectivity index (χ0v) is 25.5. The van der Waals surface area contributed by atoms with E-state index in [1.165, 1.54) is 0 Å². The van der Waals surface area contributed by atoms with Crippen LogP contribution in [-0.4, -0.2) is 63.3 Å². The summed E-state index contributed by atoms with van der Waals surface area (Å²) in [6.07, 6.45) is 0.713. The van der Waals surface area contributed by atoms with Crippen molar-refractivity contribution in [3.63, 3.8) is 0 Å². The summed E-state index contributed by atoms with van der Waals surface area (Å²) in [5.74, 6) is -4.41. The summed E-state index contributed by atoms with van der Waals surface area (Å²) in [5.41, 5.74) is -2.95. The maximum Gasteiger partial charge on any atom is 0.408 e. The normalized spacial score (nSPS) is 23.0. The average molecular weight is 554 g/mol. The minimum absolute atomic E-state index is 0.00206. The zero-order chi connectivity index (χ0) is 29.3. The molecule has 10 nitrogen and oxygen atoms in total. The fourth-order valence-electron chi connectivity index (χ4n) is 4.39. The standard InChI is InChI=1S/C27H43NO9Si/c1-12-33-21(29)18-16-15-17(37-38(10,11)26(7,8)9)20(19(18)22(30)34-13-2)27(16,23(31)35-14-3)28-24(32)36-25(4,5)6/h15-16,20H,12-14H2,1-11H3,(H,28,32)/t16-,20+,27+/m1/s1. The lowest BCUT2D eigenvalue weighted by atomic mass is 9.82. The van der Waals surface area contributed by atoms with Gasteiger partial charge in [-0.3, -0.25) is 0 Å². The molecule has 0 aromatic rings. The first-order valence-electron chi connectivity index (χ1n) is 13.0. The van der Waals surface area contributed by atoms with Crippen LogP contribution in [0.3, 0.4) is 0 Å². The zero-order valence-electron chi connectivity index (χ0n) is 24.5. The van der Waals surface area contributed by atoms with Gasteiger partial charge in [0.15, 0.2) is 5.54 Å². The Morgan fingerprint density at radius 3 is 1.82 bits per heavy atom. The molecule has 0 aromatic carbocycles. The Morgan fingerprint density at radius 1 is 0.868 bits per heavy atom. The molecule has 0 unspecified atom stereocenters. The van der Waals surface area contributed by atoms with Crippen LogP contribution in [0.5, 0.6) is 0 Å². The molecule has 11 heteroatoms. The van der Waals surface area contributed by atoms with Crippen molar-refractivity contribution in [2.75, 3.05) is 19.8 Å². The van der Waals surface area contributed by atoms with Crippen LogP contribution < -0.4 is 5.32 Å². The molecule has 38 heavy (non-hydrogen) atoms. The predicted octanol–water partition coefficient (Wildman–Crippen LogP) is 4.40. The van der Waals surface area contributed by atoms with Crippen LogP contribution in [0.15, 0.2) is 23.0 Å². The lowest BCUT2D eigenvalue weighted by Crippen LogP contribution is -2.62. The third kappa shape index (κ3) is 5.92. The largest absolute Gasteiger partial charge is 0.546 e. The molecule has 2 aliphatic rings. The van der Waals surface area contributed by atoms with E-state index in [1.807, 2.05) is 13.1 Å². The predicted molar refractivity (Wildman–Crippen MR) is 142 cm³/mol. The molecule has 2 aliphatic carbocycles. The maximum absolute atomic E-state index is 13.8. The number of hydrogen-bond donors (Lipinski definition) is 1. The van der Waals surface area contributed by atoms with E-state index in [0.29, 0.717) is 5.76 Å². The topological polar surface area (TPSA) is 126 Å². The molecule has 0 saturated carbocycles. The molecular weight excluding hydrogens is 510 g/mol. The Kier molecular flexibility index (Phi) is 9.18. The number of hydrogen-bond acceptors (Lipinski definition) is 9. The van der Waals surface area contributed by atoms with Crippen molar-refractivity contribution in [1.29, 1.82) is 0 Å². The van der Waals surface area contributed by atoms with Crippen LogP contribution in [0.4, 0.5) is 4.79 Å². The van der Waals surface area contributed by atoms with Crippen LogP contribution in [-0.2, 0) is 37.8 Å². The first-order valence-corrected chi connectivity index (χ1v) is 16.0. The summed E-state index contributed by atoms with van der Waals surface area (Å²) in [6, 6.07) is 0. The van der Waals surface area contributed by atoms with Crippen molar-refractivity contribution in [3.05, 3.63) is 23.0 Å². The van der Waals surface area contributed by atoms with Crippen molar-refractivity contribution in [2.24, 2.45) is 11.8 Å². The Labute approximate surface area is 226 Å². The number of fused-ring (bicyclic) bond motifs is 2. The van der Waals surface area contributed by atoms with Gasteiger partial charge in [0, 0.05) is 5.92 Å². The molecule has 1 N–H and O–H groups in total. The van der Waals surface area contributed by atoms with Crippen LogP contribution in [0.1, 0.15) is 62.3 Å². The number of rotatable bonds is 9. The third-order valence-electron chi connectivity index (χ3n) is 6.94. The van der Waals surface area contributed by atoms with E-state index >= 15 is 0 Å². The van der Waals surface area contributed by atoms with Crippen molar-refractivity contribution < 1.29 is 42.6 Å². The first-order chi connectivity index (χ1) is 17.4. The van der Waals surface area contributed by atoms with E-state index in [1.54, 1.807) is 47.6 Å². The number of carbonyl (C=O) groups excluding carboxylic acids is 4. The van der Waals surface area contributed by atoms with Gasteiger partial charge in [-0.15, -0.1) is 0 Å². The summed E-state index contributed by atoms with van der Waals surface area (Å²) in [4.78, 5) is 53.6. The van der Waals surface area contributed by atoms with Gasteiger partial charge in [0.2, 0.25) is 8.32 Å². The Morgan fingerprint density at radius 2 is 1.37 bits per heavy atom. The number of ether oxygens (including phenoxy) is 4. The molecule has 0 radical (unpaired) electrons. The second-order valence-electron chi connectivity index (χ2n) is 11.8. The van der Waals surface area contributed by atoms with Crippen LogP contribution in [0, 0.1) is 11.8 Å². The van der Waals surface area contributed by atoms with Crippen molar-refractivity contribution in [2.45, 2.75) is 91.6 Å². The van der Waals surface area contributed by atoms with Crippen LogP contribution >= 0.6 is 0 Å². The molecule has 2 bridgehead atoms. The van der Waals surface area contributed by atoms with Gasteiger partial charge < -0.3 is 28.7 Å². The summed E-state index contributed by atoms with van der Waals surface area (Å²) in [7, 11) is -2.50. The van der Waals surface area contributed by atoms with E-state index < -0.39 is 55.3 Å². The molecule has 0 spiro atoms. The highest BCUT2D eigenvalue weighted by Gasteiger charge is 2.70. The van der Waals surface area contributed by atoms with Gasteiger partial charge in [-0.2, -0.15) is 0 Å². The number of alkyl carbamates (subject to hydrolysis) is 1. The average Bonchev–Trinajstić information content (AvgIpc) is 3.19. The first kappa shape index (κ1) is 31.4. The second-order valence-corrected chi connectivity index (χ2v) is 16.6. The van der Waals surface area contributed by atoms with Crippen molar-refractivity contribution in [1.82, 2.24) is 5.32 Å². The van der Waals surface area contributed by atoms with Crippen molar-refractivity contribution in [3.8, 4) is 0 Å². The minimum Gasteiger partial charge on any atom is -0.546 e. The maximum atomic E-state index is 13.8. The van der Waals surface area contributed by atoms with Gasteiger partial charge in [0.1, 0.15) is 5.60 Å². The minimum atomic E-state index is -2.50. The van der Waals surface area contributed by atoms with Crippen LogP contribution in [0.25, 0.3) is 0 Å². The monoisotopic (exact) mass is 553 g/mol. The smallest absolute Gasteiger partial charge is 0.408 e.